The van der Waals surface area contributed by atoms with E-state index in [9.17, 15) is 51.1 Å². The summed E-state index contributed by atoms with van der Waals surface area (Å²) in [5, 5.41) is 102. The van der Waals surface area contributed by atoms with Gasteiger partial charge >= 0.3 is 11.3 Å². The van der Waals surface area contributed by atoms with Crippen LogP contribution in [0.1, 0.15) is 0 Å². The van der Waals surface area contributed by atoms with Crippen LogP contribution in [0, 0.1) is 0 Å². The first kappa shape index (κ1) is 29.0. The van der Waals surface area contributed by atoms with Crippen molar-refractivity contribution in [1.82, 2.24) is 0 Å². The molecule has 2 aliphatic heterocycles. The number of phenols is 4. The Balaban J connectivity index is 1.46. The number of hydrogen-bond acceptors (Lipinski definition) is 14. The van der Waals surface area contributed by atoms with E-state index in [4.69, 9.17) is 23.4 Å². The molecule has 3 aromatic rings. The Morgan fingerprint density at radius 3 is 2.24 bits per heavy atom. The Morgan fingerprint density at radius 1 is 0.805 bits per heavy atom. The molecule has 5 rings (SSSR count). The second-order valence-electron chi connectivity index (χ2n) is 9.70. The SMILES string of the molecule is OC[C@H]1O[C@@H](Oc2cc3c(O)cc(O)cc3[o+]c2-c2ccc(O)c(O)c2)[C@H](O)[C@@H](O)[C@H]1O[C@@H]1OC[C@@H](O)[C@H](O)[C@H]1O. The van der Waals surface area contributed by atoms with Gasteiger partial charge in [0.25, 0.3) is 0 Å². The summed E-state index contributed by atoms with van der Waals surface area (Å²) < 4.78 is 28.1. The predicted molar refractivity (Wildman–Crippen MR) is 134 cm³/mol. The molecule has 15 nitrogen and oxygen atoms in total. The van der Waals surface area contributed by atoms with Gasteiger partial charge in [0.15, 0.2) is 17.8 Å². The van der Waals surface area contributed by atoms with Crippen molar-refractivity contribution in [3.63, 3.8) is 0 Å². The van der Waals surface area contributed by atoms with Crippen LogP contribution in [0.2, 0.25) is 0 Å². The molecule has 0 radical (unpaired) electrons. The van der Waals surface area contributed by atoms with Gasteiger partial charge in [-0.15, -0.1) is 0 Å². The molecule has 0 aliphatic carbocycles. The van der Waals surface area contributed by atoms with E-state index in [0.717, 1.165) is 12.1 Å². The van der Waals surface area contributed by atoms with Crippen LogP contribution in [0.4, 0.5) is 0 Å². The summed E-state index contributed by atoms with van der Waals surface area (Å²) in [5.74, 6) is -1.91. The summed E-state index contributed by atoms with van der Waals surface area (Å²) in [6.07, 6.45) is -14.4. The molecular weight excluding hydrogens is 552 g/mol. The number of fused-ring (bicyclic) bond motifs is 1. The Labute approximate surface area is 230 Å². The van der Waals surface area contributed by atoms with Crippen LogP contribution in [0.5, 0.6) is 28.7 Å². The first-order chi connectivity index (χ1) is 19.5. The van der Waals surface area contributed by atoms with E-state index in [1.807, 2.05) is 0 Å². The van der Waals surface area contributed by atoms with Crippen LogP contribution in [-0.4, -0.2) is 120 Å². The molecule has 41 heavy (non-hydrogen) atoms. The fourth-order valence-electron chi connectivity index (χ4n) is 4.63. The molecule has 0 bridgehead atoms. The number of benzene rings is 2. The molecule has 0 saturated carbocycles. The molecule has 15 heteroatoms. The molecule has 2 fully saturated rings. The van der Waals surface area contributed by atoms with Crippen LogP contribution in [0.15, 0.2) is 40.8 Å². The molecule has 3 heterocycles. The zero-order valence-electron chi connectivity index (χ0n) is 21.1. The van der Waals surface area contributed by atoms with Crippen molar-refractivity contribution in [3.05, 3.63) is 36.4 Å². The number of ether oxygens (including phenoxy) is 4. The number of phenolic OH excluding ortho intramolecular Hbond substituents is 4. The van der Waals surface area contributed by atoms with Crippen molar-refractivity contribution in [1.29, 1.82) is 0 Å². The molecule has 2 aromatic carbocycles. The molecule has 10 N–H and O–H groups in total. The van der Waals surface area contributed by atoms with Crippen molar-refractivity contribution in [3.8, 4) is 40.1 Å². The standard InChI is InChI=1S/C26H28O15/c27-7-18-24(41-25-21(35)19(33)15(32)8-37-25)20(34)22(36)26(40-18)39-17-6-11-13(30)4-10(28)5-16(11)38-23(17)9-1-2-12(29)14(31)3-9/h1-6,15,18-22,24-27,32-36H,7-8H2,(H3-,28,29,30,31)/p+1/t15-,18-,19+,20-,21-,22-,24+,25+,26-/m1/s1. The third-order valence-electron chi connectivity index (χ3n) is 6.86. The number of aliphatic hydroxyl groups is 6. The van der Waals surface area contributed by atoms with Crippen LogP contribution >= 0.6 is 0 Å². The molecule has 2 aliphatic rings. The number of aliphatic hydroxyl groups excluding tert-OH is 6. The van der Waals surface area contributed by atoms with Gasteiger partial charge < -0.3 is 70.0 Å². The van der Waals surface area contributed by atoms with Crippen LogP contribution in [0.25, 0.3) is 22.3 Å². The van der Waals surface area contributed by atoms with Gasteiger partial charge in [-0.2, -0.15) is 0 Å². The quantitative estimate of drug-likeness (QED) is 0.122. The maximum absolute atomic E-state index is 10.9. The van der Waals surface area contributed by atoms with E-state index in [1.54, 1.807) is 0 Å². The summed E-state index contributed by atoms with van der Waals surface area (Å²) in [6, 6.07) is 7.22. The second kappa shape index (κ2) is 11.4. The lowest BCUT2D eigenvalue weighted by Crippen LogP contribution is -2.63. The zero-order chi connectivity index (χ0) is 29.6. The van der Waals surface area contributed by atoms with E-state index in [2.05, 4.69) is 0 Å². The third-order valence-corrected chi connectivity index (χ3v) is 6.86. The van der Waals surface area contributed by atoms with E-state index >= 15 is 0 Å². The molecule has 9 atom stereocenters. The third kappa shape index (κ3) is 5.54. The number of hydrogen-bond donors (Lipinski definition) is 10. The molecule has 2 saturated heterocycles. The van der Waals surface area contributed by atoms with Crippen LogP contribution in [-0.2, 0) is 14.2 Å². The van der Waals surface area contributed by atoms with Gasteiger partial charge in [-0.3, -0.25) is 0 Å². The summed E-state index contributed by atoms with van der Waals surface area (Å²) >= 11 is 0. The van der Waals surface area contributed by atoms with E-state index < -0.39 is 80.0 Å². The minimum absolute atomic E-state index is 0.00241. The largest absolute Gasteiger partial charge is 0.507 e. The minimum atomic E-state index is -1.84. The highest BCUT2D eigenvalue weighted by Crippen LogP contribution is 2.42. The van der Waals surface area contributed by atoms with Gasteiger partial charge in [0.05, 0.1) is 24.8 Å². The zero-order valence-corrected chi connectivity index (χ0v) is 21.1. The minimum Gasteiger partial charge on any atom is -0.507 e. The molecule has 0 unspecified atom stereocenters. The van der Waals surface area contributed by atoms with Gasteiger partial charge in [-0.25, -0.2) is 4.42 Å². The molecular formula is C26H29O15+. The van der Waals surface area contributed by atoms with E-state index in [1.165, 1.54) is 24.3 Å². The number of rotatable bonds is 6. The van der Waals surface area contributed by atoms with Crippen molar-refractivity contribution in [2.75, 3.05) is 13.2 Å². The summed E-state index contributed by atoms with van der Waals surface area (Å²) in [7, 11) is 0. The average molecular weight is 582 g/mol. The van der Waals surface area contributed by atoms with Gasteiger partial charge in [-0.1, -0.05) is 0 Å². The van der Waals surface area contributed by atoms with Gasteiger partial charge in [-0.05, 0) is 12.1 Å². The Bertz CT molecular complexity index is 1400. The summed E-state index contributed by atoms with van der Waals surface area (Å²) in [5.41, 5.74) is 0.164. The lowest BCUT2D eigenvalue weighted by Gasteiger charge is -2.44. The van der Waals surface area contributed by atoms with Gasteiger partial charge in [0.2, 0.25) is 12.0 Å². The summed E-state index contributed by atoms with van der Waals surface area (Å²) in [6.45, 7) is -1.15. The van der Waals surface area contributed by atoms with E-state index in [-0.39, 0.29) is 39.5 Å². The molecule has 0 spiro atoms. The van der Waals surface area contributed by atoms with Crippen LogP contribution in [0.3, 0.4) is 0 Å². The molecule has 222 valence electrons. The first-order valence-corrected chi connectivity index (χ1v) is 12.4. The smallest absolute Gasteiger partial charge is 0.402 e. The Morgan fingerprint density at radius 2 is 1.54 bits per heavy atom. The van der Waals surface area contributed by atoms with Crippen LogP contribution < -0.4 is 4.74 Å². The van der Waals surface area contributed by atoms with Gasteiger partial charge in [0, 0.05) is 18.2 Å². The lowest BCUT2D eigenvalue weighted by molar-refractivity contribution is -0.339. The monoisotopic (exact) mass is 581 g/mol. The fourth-order valence-corrected chi connectivity index (χ4v) is 4.63. The van der Waals surface area contributed by atoms with Crippen molar-refractivity contribution in [2.24, 2.45) is 0 Å². The van der Waals surface area contributed by atoms with E-state index in [0.29, 0.717) is 0 Å². The first-order valence-electron chi connectivity index (χ1n) is 12.4. The highest BCUT2D eigenvalue weighted by atomic mass is 16.7. The highest BCUT2D eigenvalue weighted by Gasteiger charge is 2.50. The van der Waals surface area contributed by atoms with Gasteiger partial charge in [0.1, 0.15) is 59.6 Å². The molecule has 0 amide bonds. The van der Waals surface area contributed by atoms with Crippen molar-refractivity contribution in [2.45, 2.75) is 55.3 Å². The van der Waals surface area contributed by atoms with Crippen molar-refractivity contribution >= 4 is 11.0 Å². The normalized spacial score (nSPS) is 32.2. The Hall–Kier alpha value is -3.51. The second-order valence-corrected chi connectivity index (χ2v) is 9.70. The predicted octanol–water partition coefficient (Wildman–Crippen LogP) is -1.15. The topological polar surface area (TPSA) is 251 Å². The molecule has 1 aromatic heterocycles. The highest BCUT2D eigenvalue weighted by molar-refractivity contribution is 5.88. The van der Waals surface area contributed by atoms with Crippen molar-refractivity contribution < 1.29 is 74.4 Å². The maximum Gasteiger partial charge on any atom is 0.402 e. The Kier molecular flexibility index (Phi) is 8.06. The fraction of sp³-hybridized carbons (Fsp3) is 0.423. The number of aromatic hydroxyl groups is 4. The average Bonchev–Trinajstić information content (AvgIpc) is 2.94. The summed E-state index contributed by atoms with van der Waals surface area (Å²) in [4.78, 5) is 0. The maximum atomic E-state index is 10.9. The lowest BCUT2D eigenvalue weighted by atomic mass is 9.98.